The number of rotatable bonds is 5. The van der Waals surface area contributed by atoms with E-state index in [1.807, 2.05) is 37.3 Å². The summed E-state index contributed by atoms with van der Waals surface area (Å²) in [6.07, 6.45) is 0. The number of likely N-dealkylation sites (N-methyl/N-ethyl adjacent to an activating group) is 1. The highest BCUT2D eigenvalue weighted by atomic mass is 33.1. The highest BCUT2D eigenvalue weighted by Gasteiger charge is 2.24. The third-order valence-corrected chi connectivity index (χ3v) is 4.75. The molecule has 2 atom stereocenters. The van der Waals surface area contributed by atoms with E-state index < -0.39 is 9.15 Å². The van der Waals surface area contributed by atoms with Gasteiger partial charge in [0.15, 0.2) is 0 Å². The Labute approximate surface area is 99.6 Å². The van der Waals surface area contributed by atoms with E-state index >= 15 is 0 Å². The van der Waals surface area contributed by atoms with Gasteiger partial charge in [-0.15, -0.1) is 0 Å². The highest BCUT2D eigenvalue weighted by Crippen LogP contribution is 2.35. The van der Waals surface area contributed by atoms with E-state index in [1.54, 1.807) is 7.05 Å². The minimum Gasteiger partial charge on any atom is -0.316 e. The van der Waals surface area contributed by atoms with Crippen molar-refractivity contribution in [3.8, 4) is 0 Å². The molecule has 1 rings (SSSR count). The van der Waals surface area contributed by atoms with Gasteiger partial charge in [0, 0.05) is 16.8 Å². The van der Waals surface area contributed by atoms with Crippen LogP contribution in [0.25, 0.3) is 0 Å². The van der Waals surface area contributed by atoms with Gasteiger partial charge < -0.3 is 5.32 Å². The first-order valence-corrected chi connectivity index (χ1v) is 7.65. The average molecular weight is 261 g/mol. The van der Waals surface area contributed by atoms with Gasteiger partial charge in [0.25, 0.3) is 0 Å². The zero-order valence-corrected chi connectivity index (χ0v) is 10.8. The molecule has 2 unspecified atom stereocenters. The minimum atomic E-state index is -4.05. The molecule has 0 aromatic heterocycles. The molecule has 0 aliphatic rings. The van der Waals surface area contributed by atoms with Gasteiger partial charge in [-0.2, -0.15) is 8.42 Å². The maximum absolute atomic E-state index is 10.9. The zero-order chi connectivity index (χ0) is 12.2. The monoisotopic (exact) mass is 261 g/mol. The lowest BCUT2D eigenvalue weighted by molar-refractivity contribution is 0.501. The average Bonchev–Trinajstić information content (AvgIpc) is 2.25. The zero-order valence-electron chi connectivity index (χ0n) is 9.12. The van der Waals surface area contributed by atoms with Crippen LogP contribution in [0.2, 0.25) is 0 Å². The molecule has 0 saturated heterocycles. The third kappa shape index (κ3) is 4.13. The van der Waals surface area contributed by atoms with Crippen LogP contribution in [0, 0.1) is 0 Å². The molecule has 0 saturated carbocycles. The highest BCUT2D eigenvalue weighted by molar-refractivity contribution is 8.70. The van der Waals surface area contributed by atoms with E-state index in [4.69, 9.17) is 4.55 Å². The Morgan fingerprint density at radius 3 is 2.31 bits per heavy atom. The molecule has 0 bridgehead atoms. The van der Waals surface area contributed by atoms with Crippen LogP contribution in [0.3, 0.4) is 0 Å². The van der Waals surface area contributed by atoms with Gasteiger partial charge >= 0.3 is 9.15 Å². The summed E-state index contributed by atoms with van der Waals surface area (Å²) in [7, 11) is -1.74. The van der Waals surface area contributed by atoms with E-state index in [1.165, 1.54) is 0 Å². The second-order valence-corrected chi connectivity index (χ2v) is 6.83. The third-order valence-electron chi connectivity index (χ3n) is 2.26. The number of benzene rings is 1. The molecule has 1 aromatic carbocycles. The summed E-state index contributed by atoms with van der Waals surface area (Å²) in [5, 5.41) is 2.66. The molecule has 0 amide bonds. The second-order valence-electron chi connectivity index (χ2n) is 3.43. The smallest absolute Gasteiger partial charge is 0.316 e. The molecule has 2 N–H and O–H groups in total. The van der Waals surface area contributed by atoms with Crippen LogP contribution in [0.5, 0.6) is 0 Å². The van der Waals surface area contributed by atoms with Crippen LogP contribution >= 0.6 is 10.8 Å². The Morgan fingerprint density at radius 2 is 1.88 bits per heavy atom. The van der Waals surface area contributed by atoms with Crippen molar-refractivity contribution in [3.05, 3.63) is 35.9 Å². The first-order valence-electron chi connectivity index (χ1n) is 4.82. The molecular weight excluding hydrogens is 246 g/mol. The molecule has 0 radical (unpaired) electrons. The maximum atomic E-state index is 10.9. The van der Waals surface area contributed by atoms with Crippen molar-refractivity contribution in [3.63, 3.8) is 0 Å². The van der Waals surface area contributed by atoms with Crippen LogP contribution in [0.15, 0.2) is 30.3 Å². The predicted octanol–water partition coefficient (Wildman–Crippen LogP) is 1.87. The first-order chi connectivity index (χ1) is 7.44. The molecule has 4 nitrogen and oxygen atoms in total. The molecular formula is C10H15NO3S2. The van der Waals surface area contributed by atoms with Crippen molar-refractivity contribution >= 4 is 19.9 Å². The number of hydrogen-bond acceptors (Lipinski definition) is 4. The van der Waals surface area contributed by atoms with Crippen molar-refractivity contribution in [2.45, 2.75) is 18.2 Å². The normalized spacial score (nSPS) is 15.7. The van der Waals surface area contributed by atoms with Gasteiger partial charge in [0.1, 0.15) is 0 Å². The Bertz CT molecular complexity index is 419. The van der Waals surface area contributed by atoms with Crippen molar-refractivity contribution in [2.24, 2.45) is 0 Å². The van der Waals surface area contributed by atoms with Gasteiger partial charge in [-0.3, -0.25) is 4.55 Å². The summed E-state index contributed by atoms with van der Waals surface area (Å²) < 4.78 is 30.8. The van der Waals surface area contributed by atoms with Crippen molar-refractivity contribution in [1.29, 1.82) is 0 Å². The molecule has 0 spiro atoms. The Morgan fingerprint density at radius 1 is 1.31 bits per heavy atom. The summed E-state index contributed by atoms with van der Waals surface area (Å²) in [5.74, 6) is 0. The van der Waals surface area contributed by atoms with E-state index in [0.717, 1.165) is 5.56 Å². The summed E-state index contributed by atoms with van der Waals surface area (Å²) in [4.78, 5) is 0. The SMILES string of the molecule is CNC(C)C(SS(=O)(=O)O)c1ccccc1. The van der Waals surface area contributed by atoms with E-state index in [-0.39, 0.29) is 11.3 Å². The summed E-state index contributed by atoms with van der Waals surface area (Å²) >= 11 is 0. The van der Waals surface area contributed by atoms with Crippen molar-refractivity contribution in [1.82, 2.24) is 5.32 Å². The lowest BCUT2D eigenvalue weighted by atomic mass is 10.1. The summed E-state index contributed by atoms with van der Waals surface area (Å²) in [6, 6.07) is 9.18. The molecule has 0 aliphatic heterocycles. The summed E-state index contributed by atoms with van der Waals surface area (Å²) in [5.41, 5.74) is 0.868. The topological polar surface area (TPSA) is 66.4 Å². The Kier molecular flexibility index (Phi) is 4.79. The molecule has 6 heteroatoms. The van der Waals surface area contributed by atoms with E-state index in [9.17, 15) is 8.42 Å². The van der Waals surface area contributed by atoms with Gasteiger partial charge in [0.05, 0.1) is 5.25 Å². The van der Waals surface area contributed by atoms with Gasteiger partial charge in [-0.25, -0.2) is 0 Å². The molecule has 0 fully saturated rings. The fourth-order valence-electron chi connectivity index (χ4n) is 1.35. The van der Waals surface area contributed by atoms with E-state index in [2.05, 4.69) is 5.32 Å². The molecule has 1 aromatic rings. The maximum Gasteiger partial charge on any atom is 0.320 e. The molecule has 90 valence electrons. The van der Waals surface area contributed by atoms with Crippen LogP contribution in [0.4, 0.5) is 0 Å². The van der Waals surface area contributed by atoms with E-state index in [0.29, 0.717) is 10.8 Å². The van der Waals surface area contributed by atoms with Gasteiger partial charge in [0.2, 0.25) is 0 Å². The fraction of sp³-hybridized carbons (Fsp3) is 0.400. The molecule has 0 aliphatic carbocycles. The van der Waals surface area contributed by atoms with Crippen LogP contribution < -0.4 is 5.32 Å². The lowest BCUT2D eigenvalue weighted by Gasteiger charge is -2.21. The molecule has 0 heterocycles. The van der Waals surface area contributed by atoms with Gasteiger partial charge in [-0.1, -0.05) is 30.3 Å². The van der Waals surface area contributed by atoms with Crippen LogP contribution in [-0.4, -0.2) is 26.1 Å². The number of hydrogen-bond donors (Lipinski definition) is 2. The van der Waals surface area contributed by atoms with Crippen molar-refractivity contribution in [2.75, 3.05) is 7.05 Å². The minimum absolute atomic E-state index is 0.0608. The Hall–Kier alpha value is -0.560. The summed E-state index contributed by atoms with van der Waals surface area (Å²) in [6.45, 7) is 1.87. The van der Waals surface area contributed by atoms with Crippen LogP contribution in [0.1, 0.15) is 17.7 Å². The number of nitrogens with one attached hydrogen (secondary N) is 1. The standard InChI is InChI=1S/C10H15NO3S2/c1-8(11-2)10(15-16(12,13)14)9-6-4-3-5-7-9/h3-8,10-11H,1-2H3,(H,12,13,14). The molecule has 16 heavy (non-hydrogen) atoms. The van der Waals surface area contributed by atoms with Gasteiger partial charge in [-0.05, 0) is 19.5 Å². The second kappa shape index (κ2) is 5.67. The Balaban J connectivity index is 2.97. The largest absolute Gasteiger partial charge is 0.320 e. The lowest BCUT2D eigenvalue weighted by Crippen LogP contribution is -2.27. The first kappa shape index (κ1) is 13.5. The van der Waals surface area contributed by atoms with Crippen molar-refractivity contribution < 1.29 is 13.0 Å². The predicted molar refractivity (Wildman–Crippen MR) is 66.8 cm³/mol. The van der Waals surface area contributed by atoms with Crippen LogP contribution in [-0.2, 0) is 9.15 Å². The quantitative estimate of drug-likeness (QED) is 0.625. The fourth-order valence-corrected chi connectivity index (χ4v) is 3.81.